The van der Waals surface area contributed by atoms with Gasteiger partial charge in [0.25, 0.3) is 0 Å². The van der Waals surface area contributed by atoms with Crippen LogP contribution in [-0.2, 0) is 11.7 Å². The van der Waals surface area contributed by atoms with E-state index in [2.05, 4.69) is 6.92 Å². The molecule has 0 bridgehead atoms. The molecule has 0 fully saturated rings. The van der Waals surface area contributed by atoms with Crippen LogP contribution in [0, 0.1) is 0 Å². The van der Waals surface area contributed by atoms with Crippen LogP contribution in [0.1, 0.15) is 38.8 Å². The number of carboxylic acids is 1. The Labute approximate surface area is 135 Å². The quantitative estimate of drug-likeness (QED) is 0.853. The van der Waals surface area contributed by atoms with Gasteiger partial charge in [-0.1, -0.05) is 0 Å². The van der Waals surface area contributed by atoms with E-state index in [1.54, 1.807) is 12.1 Å². The van der Waals surface area contributed by atoms with Gasteiger partial charge in [-0.25, -0.2) is 0 Å². The summed E-state index contributed by atoms with van der Waals surface area (Å²) in [6, 6.07) is 14.8. The number of Topliss-reactive ketones (excluding diaryl/α,β-unsaturated/α-hetero) is 1. The minimum atomic E-state index is -0.912. The summed E-state index contributed by atoms with van der Waals surface area (Å²) in [5.41, 5.74) is 3.41. The molecule has 1 aliphatic rings. The Morgan fingerprint density at radius 1 is 1.18 bits per heavy atom. The third kappa shape index (κ3) is 2.72. The molecule has 0 heterocycles. The van der Waals surface area contributed by atoms with Gasteiger partial charge < -0.3 is 0 Å². The van der Waals surface area contributed by atoms with E-state index in [0.29, 0.717) is 5.56 Å². The Bertz CT molecular complexity index is 736. The van der Waals surface area contributed by atoms with Crippen molar-refractivity contribution in [1.82, 2.24) is 0 Å². The van der Waals surface area contributed by atoms with E-state index < -0.39 is 5.97 Å². The number of carbonyl (C=O) groups is 2. The molecule has 0 aromatic heterocycles. The van der Waals surface area contributed by atoms with E-state index >= 15 is 0 Å². The number of aromatic carboxylic acids is 1. The summed E-state index contributed by atoms with van der Waals surface area (Å²) in [6.45, 7) is 2.06. The molecule has 4 heteroatoms. The zero-order chi connectivity index (χ0) is 15.7. The minimum absolute atomic E-state index is 0.133. The Balaban J connectivity index is 1.72. The Morgan fingerprint density at radius 2 is 1.86 bits per heavy atom. The first-order valence-electron chi connectivity index (χ1n) is 7.08. The van der Waals surface area contributed by atoms with Crippen LogP contribution in [0.5, 0.6) is 0 Å². The normalized spacial score (nSPS) is 20.0. The zero-order valence-corrected chi connectivity index (χ0v) is 13.9. The van der Waals surface area contributed by atoms with Crippen molar-refractivity contribution in [1.29, 1.82) is 0 Å². The predicted octanol–water partition coefficient (Wildman–Crippen LogP) is 3.21. The topological polar surface area (TPSA) is 54.4 Å². The fourth-order valence-corrected chi connectivity index (χ4v) is 5.20. The van der Waals surface area contributed by atoms with Crippen molar-refractivity contribution in [2.24, 2.45) is 0 Å². The monoisotopic (exact) mass is 360 g/mol. The van der Waals surface area contributed by atoms with Crippen LogP contribution in [-0.4, -0.2) is 31.8 Å². The summed E-state index contributed by atoms with van der Waals surface area (Å²) >= 11 is 0.133. The fourth-order valence-electron chi connectivity index (χ4n) is 2.73. The van der Waals surface area contributed by atoms with Crippen molar-refractivity contribution in [2.45, 2.75) is 23.0 Å². The molecule has 1 N–H and O–H groups in total. The van der Waals surface area contributed by atoms with Crippen molar-refractivity contribution < 1.29 is 14.7 Å². The standard InChI is InChI=1S/C18H16O3Se/c1-18(10-14-4-2-3-5-15(14)16(18)19)22-11-12-6-8-13(9-7-12)17(20)21/h2-9H,10-11H2,1H3,(H,20,21). The molecule has 0 amide bonds. The van der Waals surface area contributed by atoms with Crippen LogP contribution < -0.4 is 0 Å². The molecule has 2 aromatic carbocycles. The summed E-state index contributed by atoms with van der Waals surface area (Å²) in [5, 5.41) is 9.75. The van der Waals surface area contributed by atoms with Crippen LogP contribution in [0.25, 0.3) is 0 Å². The fraction of sp³-hybridized carbons (Fsp3) is 0.222. The van der Waals surface area contributed by atoms with Gasteiger partial charge in [-0.05, 0) is 0 Å². The molecule has 1 unspecified atom stereocenters. The second kappa shape index (κ2) is 5.71. The van der Waals surface area contributed by atoms with Crippen molar-refractivity contribution >= 4 is 26.7 Å². The number of benzene rings is 2. The maximum absolute atomic E-state index is 12.6. The van der Waals surface area contributed by atoms with E-state index in [9.17, 15) is 9.59 Å². The van der Waals surface area contributed by atoms with E-state index in [-0.39, 0.29) is 25.1 Å². The van der Waals surface area contributed by atoms with Gasteiger partial charge in [-0.15, -0.1) is 0 Å². The molecule has 0 saturated carbocycles. The zero-order valence-electron chi connectivity index (χ0n) is 12.2. The number of hydrogen-bond donors (Lipinski definition) is 1. The van der Waals surface area contributed by atoms with Crippen molar-refractivity contribution in [3.63, 3.8) is 0 Å². The molecule has 1 atom stereocenters. The Hall–Kier alpha value is -1.90. The van der Waals surface area contributed by atoms with Crippen molar-refractivity contribution in [3.8, 4) is 0 Å². The summed E-state index contributed by atoms with van der Waals surface area (Å²) in [4.78, 5) is 23.5. The predicted molar refractivity (Wildman–Crippen MR) is 85.7 cm³/mol. The molecule has 112 valence electrons. The van der Waals surface area contributed by atoms with Crippen LogP contribution >= 0.6 is 0 Å². The van der Waals surface area contributed by atoms with E-state index in [1.807, 2.05) is 36.4 Å². The van der Waals surface area contributed by atoms with E-state index in [1.165, 1.54) is 0 Å². The van der Waals surface area contributed by atoms with Crippen LogP contribution in [0.2, 0.25) is 4.31 Å². The van der Waals surface area contributed by atoms with Crippen LogP contribution in [0.3, 0.4) is 0 Å². The van der Waals surface area contributed by atoms with E-state index in [0.717, 1.165) is 28.4 Å². The van der Waals surface area contributed by atoms with Gasteiger partial charge in [0.1, 0.15) is 0 Å². The number of rotatable bonds is 4. The number of fused-ring (bicyclic) bond motifs is 1. The van der Waals surface area contributed by atoms with Gasteiger partial charge >= 0.3 is 135 Å². The molecule has 0 spiro atoms. The average Bonchev–Trinajstić information content (AvgIpc) is 2.78. The Kier molecular flexibility index (Phi) is 3.90. The van der Waals surface area contributed by atoms with Gasteiger partial charge in [0.2, 0.25) is 0 Å². The summed E-state index contributed by atoms with van der Waals surface area (Å²) in [6.07, 6.45) is 0.815. The third-order valence-corrected chi connectivity index (χ3v) is 7.06. The third-order valence-electron chi connectivity index (χ3n) is 4.03. The van der Waals surface area contributed by atoms with Crippen LogP contribution in [0.15, 0.2) is 48.5 Å². The molecule has 22 heavy (non-hydrogen) atoms. The molecule has 0 saturated heterocycles. The SMILES string of the molecule is CC1([Se]Cc2ccc(C(=O)O)cc2)Cc2ccccc2C1=O. The first-order chi connectivity index (χ1) is 10.5. The molecule has 3 nitrogen and oxygen atoms in total. The van der Waals surface area contributed by atoms with Gasteiger partial charge in [-0.3, -0.25) is 0 Å². The molecular formula is C18H16O3Se. The van der Waals surface area contributed by atoms with E-state index in [4.69, 9.17) is 5.11 Å². The Morgan fingerprint density at radius 3 is 2.50 bits per heavy atom. The summed E-state index contributed by atoms with van der Waals surface area (Å²) in [5.74, 6) is -0.657. The second-order valence-electron chi connectivity index (χ2n) is 5.68. The van der Waals surface area contributed by atoms with Gasteiger partial charge in [0, 0.05) is 0 Å². The molecule has 1 aliphatic carbocycles. The second-order valence-corrected chi connectivity index (χ2v) is 8.79. The van der Waals surface area contributed by atoms with Gasteiger partial charge in [0.05, 0.1) is 0 Å². The molecular weight excluding hydrogens is 343 g/mol. The first-order valence-corrected chi connectivity index (χ1v) is 9.15. The molecule has 2 aromatic rings. The molecule has 3 rings (SSSR count). The number of carboxylic acid groups (broad SMARTS) is 1. The summed E-state index contributed by atoms with van der Waals surface area (Å²) in [7, 11) is 0. The summed E-state index contributed by atoms with van der Waals surface area (Å²) < 4.78 is -0.290. The van der Waals surface area contributed by atoms with Crippen LogP contribution in [0.4, 0.5) is 0 Å². The van der Waals surface area contributed by atoms with Crippen molar-refractivity contribution in [2.75, 3.05) is 0 Å². The van der Waals surface area contributed by atoms with Crippen molar-refractivity contribution in [3.05, 3.63) is 70.8 Å². The first kappa shape index (κ1) is 15.0. The number of carbonyl (C=O) groups excluding carboxylic acids is 1. The number of hydrogen-bond acceptors (Lipinski definition) is 2. The molecule has 0 aliphatic heterocycles. The van der Waals surface area contributed by atoms with Gasteiger partial charge in [0.15, 0.2) is 0 Å². The molecule has 0 radical (unpaired) electrons. The van der Waals surface area contributed by atoms with Gasteiger partial charge in [-0.2, -0.15) is 0 Å². The average molecular weight is 359 g/mol. The number of ketones is 1. The maximum atomic E-state index is 12.6.